The van der Waals surface area contributed by atoms with Crippen molar-refractivity contribution in [2.24, 2.45) is 0 Å². The van der Waals surface area contributed by atoms with Crippen LogP contribution in [0.2, 0.25) is 0 Å². The van der Waals surface area contributed by atoms with E-state index < -0.39 is 7.25 Å². The fourth-order valence-electron chi connectivity index (χ4n) is 0. The zero-order valence-corrected chi connectivity index (χ0v) is 9.21. The van der Waals surface area contributed by atoms with Crippen LogP contribution in [0.4, 0.5) is 17.3 Å². The van der Waals surface area contributed by atoms with Crippen LogP contribution < -0.4 is 80.9 Å². The summed E-state index contributed by atoms with van der Waals surface area (Å²) in [6.45, 7) is 0. The molecule has 0 N–H and O–H groups in total. The van der Waals surface area contributed by atoms with Gasteiger partial charge in [-0.15, -0.1) is 0 Å². The minimum atomic E-state index is -6.00. The molecule has 0 bridgehead atoms. The maximum absolute atomic E-state index is 9.75. The Bertz CT molecular complexity index is 34.0. The van der Waals surface area contributed by atoms with Crippen LogP contribution in [0, 0.1) is 0 Å². The predicted molar refractivity (Wildman–Crippen MR) is 12.4 cm³/mol. The second kappa shape index (κ2) is 6.54. The Balaban J connectivity index is -0.0000000133. The summed E-state index contributed by atoms with van der Waals surface area (Å²) in [6, 6.07) is 0. The molecule has 0 aliphatic rings. The fraction of sp³-hybridized carbons (Fsp3) is 0. The molecule has 0 amide bonds. The van der Waals surface area contributed by atoms with E-state index in [1.807, 2.05) is 0 Å². The van der Waals surface area contributed by atoms with Gasteiger partial charge >= 0.3 is 88.2 Å². The largest absolute Gasteiger partial charge is 1.00 e. The van der Waals surface area contributed by atoms with Crippen LogP contribution in [0.15, 0.2) is 0 Å². The van der Waals surface area contributed by atoms with Gasteiger partial charge in [-0.05, 0) is 0 Å². The Hall–Kier alpha value is 2.42. The molecular weight excluding hydrogens is 149 g/mol. The van der Waals surface area contributed by atoms with Crippen molar-refractivity contribution in [1.29, 1.82) is 0 Å². The van der Waals surface area contributed by atoms with Gasteiger partial charge in [-0.3, -0.25) is 0 Å². The van der Waals surface area contributed by atoms with Crippen molar-refractivity contribution in [2.45, 2.75) is 0 Å². The van der Waals surface area contributed by atoms with Crippen molar-refractivity contribution in [3.05, 3.63) is 0 Å². The van der Waals surface area contributed by atoms with Gasteiger partial charge < -0.3 is 20.1 Å². The maximum atomic E-state index is 9.75. The minimum Gasteiger partial charge on any atom is -1.00 e. The topological polar surface area (TPSA) is 0 Å². The van der Waals surface area contributed by atoms with Crippen LogP contribution in [-0.4, -0.2) is 7.25 Å². The van der Waals surface area contributed by atoms with Crippen LogP contribution >= 0.6 is 0 Å². The quantitative estimate of drug-likeness (QED) is 0.242. The minimum absolute atomic E-state index is 0. The average Bonchev–Trinajstić information content (AvgIpc) is 0.722. The molecule has 7 heavy (non-hydrogen) atoms. The van der Waals surface area contributed by atoms with E-state index >= 15 is 0 Å². The van der Waals surface area contributed by atoms with E-state index in [-0.39, 0.29) is 83.8 Å². The molecule has 0 unspecified atom stereocenters. The third-order valence-electron chi connectivity index (χ3n) is 0. The molecule has 7 heteroatoms. The molecule has 0 aliphatic heterocycles. The number of rotatable bonds is 0. The van der Waals surface area contributed by atoms with Crippen molar-refractivity contribution in [3.63, 3.8) is 0 Å². The Kier molecular flexibility index (Phi) is 15.1. The SMILES string of the molecule is F[B-](F)(F)F.[H-].[H-].[K+].[Na+]. The molecular formula is H2BF4KNa-. The van der Waals surface area contributed by atoms with Gasteiger partial charge in [0.15, 0.2) is 0 Å². The molecule has 0 radical (unpaired) electrons. The van der Waals surface area contributed by atoms with Crippen molar-refractivity contribution in [3.8, 4) is 0 Å². The summed E-state index contributed by atoms with van der Waals surface area (Å²) < 4.78 is 39.0. The van der Waals surface area contributed by atoms with E-state index in [1.54, 1.807) is 0 Å². The summed E-state index contributed by atoms with van der Waals surface area (Å²) in [5.41, 5.74) is 0. The molecule has 0 saturated carbocycles. The molecule has 0 aromatic rings. The van der Waals surface area contributed by atoms with E-state index in [2.05, 4.69) is 0 Å². The van der Waals surface area contributed by atoms with Gasteiger partial charge in [0.05, 0.1) is 0 Å². The standard InChI is InChI=1S/BF4.K.Na.2H/c2-1(3,4)5;;;;/q-1;2*+1;2*-1. The second-order valence-corrected chi connectivity index (χ2v) is 0.495. The summed E-state index contributed by atoms with van der Waals surface area (Å²) >= 11 is 0. The normalized spacial score (nSPS) is 8.57. The molecule has 0 nitrogen and oxygen atoms in total. The van der Waals surface area contributed by atoms with Crippen molar-refractivity contribution in [2.75, 3.05) is 0 Å². The third-order valence-corrected chi connectivity index (χ3v) is 0. The smallest absolute Gasteiger partial charge is 1.00 e. The molecule has 0 fully saturated rings. The summed E-state index contributed by atoms with van der Waals surface area (Å²) in [5.74, 6) is 0. The van der Waals surface area contributed by atoms with Gasteiger partial charge in [0, 0.05) is 0 Å². The van der Waals surface area contributed by atoms with E-state index in [0.29, 0.717) is 0 Å². The van der Waals surface area contributed by atoms with E-state index in [0.717, 1.165) is 0 Å². The number of halogens is 4. The van der Waals surface area contributed by atoms with Crippen molar-refractivity contribution in [1.82, 2.24) is 0 Å². The molecule has 0 aromatic heterocycles. The zero-order chi connectivity index (χ0) is 4.50. The Labute approximate surface area is 106 Å². The molecule has 0 atom stereocenters. The molecule has 36 valence electrons. The molecule has 0 heterocycles. The van der Waals surface area contributed by atoms with Crippen LogP contribution in [0.25, 0.3) is 0 Å². The Morgan fingerprint density at radius 2 is 1.00 bits per heavy atom. The summed E-state index contributed by atoms with van der Waals surface area (Å²) in [6.07, 6.45) is 0. The van der Waals surface area contributed by atoms with Crippen LogP contribution in [0.5, 0.6) is 0 Å². The average molecular weight is 151 g/mol. The fourth-order valence-corrected chi connectivity index (χ4v) is 0. The Morgan fingerprint density at radius 1 is 1.00 bits per heavy atom. The number of hydrogen-bond acceptors (Lipinski definition) is 0. The summed E-state index contributed by atoms with van der Waals surface area (Å²) in [4.78, 5) is 0. The first-order valence-corrected chi connectivity index (χ1v) is 0.873. The van der Waals surface area contributed by atoms with Crippen molar-refractivity contribution < 1.29 is 101 Å². The third kappa shape index (κ3) is 59.2. The molecule has 0 aromatic carbocycles. The van der Waals surface area contributed by atoms with Gasteiger partial charge in [0.2, 0.25) is 0 Å². The Morgan fingerprint density at radius 3 is 1.00 bits per heavy atom. The van der Waals surface area contributed by atoms with Crippen LogP contribution in [-0.2, 0) is 0 Å². The molecule has 0 spiro atoms. The van der Waals surface area contributed by atoms with Crippen molar-refractivity contribution >= 4 is 7.25 Å². The summed E-state index contributed by atoms with van der Waals surface area (Å²) in [5, 5.41) is 0. The first kappa shape index (κ1) is 16.2. The van der Waals surface area contributed by atoms with E-state index in [1.165, 1.54) is 0 Å². The molecule has 0 saturated heterocycles. The van der Waals surface area contributed by atoms with Crippen LogP contribution in [0.3, 0.4) is 0 Å². The first-order chi connectivity index (χ1) is 2.00. The van der Waals surface area contributed by atoms with Gasteiger partial charge in [-0.2, -0.15) is 0 Å². The second-order valence-electron chi connectivity index (χ2n) is 0.495. The van der Waals surface area contributed by atoms with E-state index in [9.17, 15) is 17.3 Å². The molecule has 0 rings (SSSR count). The van der Waals surface area contributed by atoms with Crippen LogP contribution in [0.1, 0.15) is 2.85 Å². The predicted octanol–water partition coefficient (Wildman–Crippen LogP) is -4.47. The monoisotopic (exact) mass is 151 g/mol. The van der Waals surface area contributed by atoms with Gasteiger partial charge in [0.1, 0.15) is 0 Å². The van der Waals surface area contributed by atoms with Gasteiger partial charge in [-0.25, -0.2) is 0 Å². The molecule has 0 aliphatic carbocycles. The zero-order valence-electron chi connectivity index (χ0n) is 6.09. The van der Waals surface area contributed by atoms with Gasteiger partial charge in [-0.1, -0.05) is 0 Å². The maximum Gasteiger partial charge on any atom is 1.00 e. The van der Waals surface area contributed by atoms with Gasteiger partial charge in [0.25, 0.3) is 0 Å². The summed E-state index contributed by atoms with van der Waals surface area (Å²) in [7, 11) is -6.00. The first-order valence-electron chi connectivity index (χ1n) is 0.873. The van der Waals surface area contributed by atoms with E-state index in [4.69, 9.17) is 0 Å². The number of hydrogen-bond donors (Lipinski definition) is 0.